The van der Waals surface area contributed by atoms with Gasteiger partial charge < -0.3 is 10.1 Å². The number of benzene rings is 1. The van der Waals surface area contributed by atoms with E-state index in [2.05, 4.69) is 15.4 Å². The summed E-state index contributed by atoms with van der Waals surface area (Å²) in [5, 5.41) is 7.61. The lowest BCUT2D eigenvalue weighted by molar-refractivity contribution is -0.120. The Balaban J connectivity index is 1.84. The van der Waals surface area contributed by atoms with Crippen molar-refractivity contribution in [2.75, 3.05) is 20.3 Å². The van der Waals surface area contributed by atoms with E-state index in [1.807, 2.05) is 54.8 Å². The highest BCUT2D eigenvalue weighted by Gasteiger charge is 2.15. The fourth-order valence-corrected chi connectivity index (χ4v) is 3.00. The maximum atomic E-state index is 12.2. The third kappa shape index (κ3) is 3.91. The number of fused-ring (bicyclic) bond motifs is 1. The first kappa shape index (κ1) is 18.1. The number of carbonyl (C=O) groups excluding carboxylic acids is 1. The van der Waals surface area contributed by atoms with Crippen molar-refractivity contribution in [2.45, 2.75) is 26.7 Å². The molecule has 0 aliphatic heterocycles. The molecule has 136 valence electrons. The minimum absolute atomic E-state index is 0.0103. The zero-order chi connectivity index (χ0) is 18.5. The summed E-state index contributed by atoms with van der Waals surface area (Å²) in [6.07, 6.45) is 1.10. The van der Waals surface area contributed by atoms with Gasteiger partial charge in [-0.3, -0.25) is 4.79 Å². The van der Waals surface area contributed by atoms with Crippen molar-refractivity contribution in [3.63, 3.8) is 0 Å². The molecule has 6 nitrogen and oxygen atoms in total. The lowest BCUT2D eigenvalue weighted by Crippen LogP contribution is -2.27. The van der Waals surface area contributed by atoms with Gasteiger partial charge in [0.05, 0.1) is 12.1 Å². The molecule has 0 fully saturated rings. The molecule has 1 amide bonds. The number of carbonyl (C=O) groups is 1. The lowest BCUT2D eigenvalue weighted by atomic mass is 10.1. The monoisotopic (exact) mass is 352 g/mol. The van der Waals surface area contributed by atoms with E-state index in [1.54, 1.807) is 7.11 Å². The summed E-state index contributed by atoms with van der Waals surface area (Å²) in [6.45, 7) is 5.18. The second kappa shape index (κ2) is 8.10. The quantitative estimate of drug-likeness (QED) is 0.664. The molecule has 0 unspecified atom stereocenters. The molecule has 2 heterocycles. The van der Waals surface area contributed by atoms with Crippen molar-refractivity contribution in [1.82, 2.24) is 19.9 Å². The van der Waals surface area contributed by atoms with E-state index in [-0.39, 0.29) is 5.91 Å². The normalized spacial score (nSPS) is 11.0. The largest absolute Gasteiger partial charge is 0.385 e. The Morgan fingerprint density at radius 3 is 2.73 bits per heavy atom. The maximum Gasteiger partial charge on any atom is 0.224 e. The SMILES string of the molecule is COCCCNC(=O)Cc1c(C)nc2cc(-c3ccccc3)nn2c1C. The Labute approximate surface area is 153 Å². The predicted molar refractivity (Wildman–Crippen MR) is 101 cm³/mol. The number of aryl methyl sites for hydroxylation is 2. The molecule has 2 aromatic heterocycles. The van der Waals surface area contributed by atoms with Gasteiger partial charge in [-0.25, -0.2) is 9.50 Å². The molecule has 1 N–H and O–H groups in total. The van der Waals surface area contributed by atoms with E-state index in [9.17, 15) is 4.79 Å². The average Bonchev–Trinajstić information content (AvgIpc) is 3.07. The van der Waals surface area contributed by atoms with Crippen LogP contribution in [0.1, 0.15) is 23.4 Å². The molecule has 6 heteroatoms. The molecule has 0 aliphatic carbocycles. The van der Waals surface area contributed by atoms with Crippen LogP contribution in [0.3, 0.4) is 0 Å². The fourth-order valence-electron chi connectivity index (χ4n) is 3.00. The number of hydrogen-bond donors (Lipinski definition) is 1. The van der Waals surface area contributed by atoms with E-state index in [4.69, 9.17) is 4.74 Å². The summed E-state index contributed by atoms with van der Waals surface area (Å²) in [5.41, 5.74) is 5.45. The van der Waals surface area contributed by atoms with Crippen molar-refractivity contribution in [1.29, 1.82) is 0 Å². The van der Waals surface area contributed by atoms with Crippen LogP contribution in [-0.4, -0.2) is 40.8 Å². The van der Waals surface area contributed by atoms with Crippen LogP contribution >= 0.6 is 0 Å². The van der Waals surface area contributed by atoms with Crippen molar-refractivity contribution < 1.29 is 9.53 Å². The van der Waals surface area contributed by atoms with Gasteiger partial charge >= 0.3 is 0 Å². The second-order valence-electron chi connectivity index (χ2n) is 6.30. The molecule has 0 spiro atoms. The number of amides is 1. The van der Waals surface area contributed by atoms with Crippen molar-refractivity contribution >= 4 is 11.6 Å². The molecule has 3 aromatic rings. The molecule has 0 atom stereocenters. The number of nitrogens with one attached hydrogen (secondary N) is 1. The summed E-state index contributed by atoms with van der Waals surface area (Å²) >= 11 is 0. The molecule has 0 radical (unpaired) electrons. The van der Waals surface area contributed by atoms with Crippen LogP contribution in [0, 0.1) is 13.8 Å². The van der Waals surface area contributed by atoms with Crippen molar-refractivity contribution in [2.24, 2.45) is 0 Å². The highest BCUT2D eigenvalue weighted by Crippen LogP contribution is 2.22. The van der Waals surface area contributed by atoms with E-state index in [0.29, 0.717) is 19.6 Å². The zero-order valence-corrected chi connectivity index (χ0v) is 15.5. The van der Waals surface area contributed by atoms with Gasteiger partial charge in [-0.15, -0.1) is 0 Å². The Morgan fingerprint density at radius 2 is 2.00 bits per heavy atom. The third-order valence-electron chi connectivity index (χ3n) is 4.42. The highest BCUT2D eigenvalue weighted by atomic mass is 16.5. The number of aromatic nitrogens is 3. The average molecular weight is 352 g/mol. The van der Waals surface area contributed by atoms with Gasteiger partial charge in [-0.2, -0.15) is 5.10 Å². The van der Waals surface area contributed by atoms with Crippen LogP contribution in [-0.2, 0) is 16.0 Å². The number of methoxy groups -OCH3 is 1. The molecule has 0 bridgehead atoms. The Hall–Kier alpha value is -2.73. The van der Waals surface area contributed by atoms with Gasteiger partial charge in [0.2, 0.25) is 5.91 Å². The summed E-state index contributed by atoms with van der Waals surface area (Å²) in [5.74, 6) is -0.0103. The van der Waals surface area contributed by atoms with E-state index < -0.39 is 0 Å². The van der Waals surface area contributed by atoms with Crippen LogP contribution < -0.4 is 5.32 Å². The third-order valence-corrected chi connectivity index (χ3v) is 4.42. The smallest absolute Gasteiger partial charge is 0.224 e. The minimum atomic E-state index is -0.0103. The highest BCUT2D eigenvalue weighted by molar-refractivity contribution is 5.79. The summed E-state index contributed by atoms with van der Waals surface area (Å²) in [7, 11) is 1.66. The first-order chi connectivity index (χ1) is 12.6. The molecular formula is C20H24N4O2. The van der Waals surface area contributed by atoms with Crippen molar-refractivity contribution in [3.05, 3.63) is 53.3 Å². The number of nitrogens with zero attached hydrogens (tertiary/aromatic N) is 3. The topological polar surface area (TPSA) is 68.5 Å². The van der Waals surface area contributed by atoms with Gasteiger partial charge in [-0.1, -0.05) is 30.3 Å². The first-order valence-corrected chi connectivity index (χ1v) is 8.77. The van der Waals surface area contributed by atoms with Gasteiger partial charge in [-0.05, 0) is 20.3 Å². The molecule has 0 aliphatic rings. The fraction of sp³-hybridized carbons (Fsp3) is 0.350. The molecule has 0 saturated heterocycles. The Bertz CT molecular complexity index is 903. The van der Waals surface area contributed by atoms with Crippen LogP contribution in [0.15, 0.2) is 36.4 Å². The zero-order valence-electron chi connectivity index (χ0n) is 15.5. The van der Waals surface area contributed by atoms with E-state index in [0.717, 1.165) is 40.3 Å². The first-order valence-electron chi connectivity index (χ1n) is 8.77. The summed E-state index contributed by atoms with van der Waals surface area (Å²) in [6, 6.07) is 12.0. The number of rotatable bonds is 7. The second-order valence-corrected chi connectivity index (χ2v) is 6.30. The van der Waals surface area contributed by atoms with Gasteiger partial charge in [0.1, 0.15) is 0 Å². The Morgan fingerprint density at radius 1 is 1.23 bits per heavy atom. The molecule has 3 rings (SSSR count). The van der Waals surface area contributed by atoms with Crippen LogP contribution in [0.4, 0.5) is 0 Å². The van der Waals surface area contributed by atoms with Crippen LogP contribution in [0.2, 0.25) is 0 Å². The molecule has 1 aromatic carbocycles. The van der Waals surface area contributed by atoms with Gasteiger partial charge in [0.25, 0.3) is 0 Å². The predicted octanol–water partition coefficient (Wildman–Crippen LogP) is 2.71. The van der Waals surface area contributed by atoms with Crippen LogP contribution in [0.5, 0.6) is 0 Å². The van der Waals surface area contributed by atoms with Gasteiger partial charge in [0.15, 0.2) is 5.65 Å². The van der Waals surface area contributed by atoms with Crippen molar-refractivity contribution in [3.8, 4) is 11.3 Å². The molecular weight excluding hydrogens is 328 g/mol. The van der Waals surface area contributed by atoms with E-state index >= 15 is 0 Å². The van der Waals surface area contributed by atoms with Gasteiger partial charge in [0, 0.05) is 48.8 Å². The molecule has 0 saturated carbocycles. The lowest BCUT2D eigenvalue weighted by Gasteiger charge is -2.11. The molecule has 26 heavy (non-hydrogen) atoms. The summed E-state index contributed by atoms with van der Waals surface area (Å²) < 4.78 is 6.82. The number of ether oxygens (including phenoxy) is 1. The number of hydrogen-bond acceptors (Lipinski definition) is 4. The summed E-state index contributed by atoms with van der Waals surface area (Å²) in [4.78, 5) is 16.9. The Kier molecular flexibility index (Phi) is 5.63. The van der Waals surface area contributed by atoms with Crippen LogP contribution in [0.25, 0.3) is 16.9 Å². The van der Waals surface area contributed by atoms with E-state index in [1.165, 1.54) is 0 Å². The maximum absolute atomic E-state index is 12.2. The standard InChI is InChI=1S/C20H24N4O2/c1-14-17(12-20(25)21-10-7-11-26-3)15(2)24-19(22-14)13-18(23-24)16-8-5-4-6-9-16/h4-6,8-9,13H,7,10-12H2,1-3H3,(H,21,25). The minimum Gasteiger partial charge on any atom is -0.385 e.